The van der Waals surface area contributed by atoms with Crippen molar-refractivity contribution in [3.8, 4) is 0 Å². The predicted molar refractivity (Wildman–Crippen MR) is 75.4 cm³/mol. The molecule has 1 heteroatoms. The summed E-state index contributed by atoms with van der Waals surface area (Å²) < 4.78 is 0. The van der Waals surface area contributed by atoms with Crippen LogP contribution in [0, 0.1) is 0 Å². The van der Waals surface area contributed by atoms with Crippen molar-refractivity contribution < 1.29 is 0 Å². The van der Waals surface area contributed by atoms with E-state index in [1.807, 2.05) is 0 Å². The van der Waals surface area contributed by atoms with Crippen molar-refractivity contribution in [2.24, 2.45) is 0 Å². The lowest BCUT2D eigenvalue weighted by molar-refractivity contribution is 0.269. The van der Waals surface area contributed by atoms with E-state index < -0.39 is 0 Å². The molecule has 0 aromatic heterocycles. The molecule has 1 aliphatic rings. The van der Waals surface area contributed by atoms with Gasteiger partial charge in [0.05, 0.1) is 0 Å². The van der Waals surface area contributed by atoms with E-state index in [0.717, 1.165) is 19.6 Å². The molecule has 92 valence electrons. The van der Waals surface area contributed by atoms with Crippen LogP contribution in [0.1, 0.15) is 29.5 Å². The Kier molecular flexibility index (Phi) is 3.16. The summed E-state index contributed by atoms with van der Waals surface area (Å²) in [5.74, 6) is 0.598. The zero-order chi connectivity index (χ0) is 12.4. The SMILES string of the molecule is C[C@@H](CN1Cc2ccccc2C1)c1ccccc1. The summed E-state index contributed by atoms with van der Waals surface area (Å²) in [6.07, 6.45) is 0. The number of rotatable bonds is 3. The normalized spacial score (nSPS) is 16.5. The van der Waals surface area contributed by atoms with Crippen LogP contribution >= 0.6 is 0 Å². The molecule has 0 fully saturated rings. The zero-order valence-electron chi connectivity index (χ0n) is 10.8. The van der Waals surface area contributed by atoms with Gasteiger partial charge < -0.3 is 0 Å². The van der Waals surface area contributed by atoms with Gasteiger partial charge in [0.2, 0.25) is 0 Å². The molecule has 0 saturated heterocycles. The zero-order valence-corrected chi connectivity index (χ0v) is 10.8. The number of hydrogen-bond acceptors (Lipinski definition) is 1. The van der Waals surface area contributed by atoms with Crippen LogP contribution in [0.5, 0.6) is 0 Å². The fourth-order valence-corrected chi connectivity index (χ4v) is 2.81. The Labute approximate surface area is 109 Å². The van der Waals surface area contributed by atoms with E-state index in [-0.39, 0.29) is 0 Å². The number of hydrogen-bond donors (Lipinski definition) is 0. The average molecular weight is 237 g/mol. The van der Waals surface area contributed by atoms with Gasteiger partial charge in [-0.2, -0.15) is 0 Å². The van der Waals surface area contributed by atoms with E-state index in [0.29, 0.717) is 5.92 Å². The Bertz CT molecular complexity index is 493. The van der Waals surface area contributed by atoms with Gasteiger partial charge in [-0.3, -0.25) is 4.90 Å². The van der Waals surface area contributed by atoms with Gasteiger partial charge in [-0.25, -0.2) is 0 Å². The second-order valence-electron chi connectivity index (χ2n) is 5.25. The lowest BCUT2D eigenvalue weighted by Gasteiger charge is -2.20. The lowest BCUT2D eigenvalue weighted by atomic mass is 10.0. The van der Waals surface area contributed by atoms with E-state index in [2.05, 4.69) is 66.4 Å². The largest absolute Gasteiger partial charge is 0.294 e. The molecule has 1 nitrogen and oxygen atoms in total. The van der Waals surface area contributed by atoms with Crippen molar-refractivity contribution in [3.05, 3.63) is 71.3 Å². The van der Waals surface area contributed by atoms with Crippen molar-refractivity contribution in [1.82, 2.24) is 4.90 Å². The molecule has 1 aliphatic heterocycles. The Morgan fingerprint density at radius 3 is 2.06 bits per heavy atom. The van der Waals surface area contributed by atoms with Crippen LogP contribution < -0.4 is 0 Å². The summed E-state index contributed by atoms with van der Waals surface area (Å²) in [5.41, 5.74) is 4.43. The summed E-state index contributed by atoms with van der Waals surface area (Å²) >= 11 is 0. The molecule has 18 heavy (non-hydrogen) atoms. The summed E-state index contributed by atoms with van der Waals surface area (Å²) in [6, 6.07) is 19.6. The van der Waals surface area contributed by atoms with Crippen LogP contribution in [-0.4, -0.2) is 11.4 Å². The molecular weight excluding hydrogens is 218 g/mol. The smallest absolute Gasteiger partial charge is 0.0240 e. The van der Waals surface area contributed by atoms with E-state index in [1.165, 1.54) is 16.7 Å². The molecule has 0 saturated carbocycles. The molecule has 3 rings (SSSR count). The van der Waals surface area contributed by atoms with Gasteiger partial charge in [0.1, 0.15) is 0 Å². The first kappa shape index (κ1) is 11.5. The molecule has 0 bridgehead atoms. The highest BCUT2D eigenvalue weighted by Gasteiger charge is 2.20. The molecule has 0 N–H and O–H groups in total. The molecule has 1 heterocycles. The van der Waals surface area contributed by atoms with Gasteiger partial charge in [0.15, 0.2) is 0 Å². The van der Waals surface area contributed by atoms with Crippen molar-refractivity contribution in [3.63, 3.8) is 0 Å². The highest BCUT2D eigenvalue weighted by molar-refractivity contribution is 5.30. The molecule has 1 atom stereocenters. The highest BCUT2D eigenvalue weighted by atomic mass is 15.1. The molecule has 2 aromatic carbocycles. The Morgan fingerprint density at radius 1 is 0.889 bits per heavy atom. The Balaban J connectivity index is 1.66. The lowest BCUT2D eigenvalue weighted by Crippen LogP contribution is -2.22. The maximum absolute atomic E-state index is 2.54. The van der Waals surface area contributed by atoms with Gasteiger partial charge in [-0.05, 0) is 22.6 Å². The van der Waals surface area contributed by atoms with Crippen molar-refractivity contribution in [2.45, 2.75) is 25.9 Å². The third-order valence-corrected chi connectivity index (χ3v) is 3.81. The maximum atomic E-state index is 2.54. The quantitative estimate of drug-likeness (QED) is 0.784. The van der Waals surface area contributed by atoms with E-state index in [1.54, 1.807) is 0 Å². The molecule has 2 aromatic rings. The maximum Gasteiger partial charge on any atom is 0.0240 e. The first-order valence-electron chi connectivity index (χ1n) is 6.67. The van der Waals surface area contributed by atoms with Gasteiger partial charge in [-0.15, -0.1) is 0 Å². The van der Waals surface area contributed by atoms with Crippen molar-refractivity contribution >= 4 is 0 Å². The first-order valence-corrected chi connectivity index (χ1v) is 6.67. The fourth-order valence-electron chi connectivity index (χ4n) is 2.81. The van der Waals surface area contributed by atoms with Crippen molar-refractivity contribution in [2.75, 3.05) is 6.54 Å². The van der Waals surface area contributed by atoms with Gasteiger partial charge in [-0.1, -0.05) is 61.5 Å². The van der Waals surface area contributed by atoms with Crippen LogP contribution in [0.15, 0.2) is 54.6 Å². The summed E-state index contributed by atoms with van der Waals surface area (Å²) in [5, 5.41) is 0. The molecule has 0 aliphatic carbocycles. The summed E-state index contributed by atoms with van der Waals surface area (Å²) in [6.45, 7) is 5.66. The van der Waals surface area contributed by atoms with Crippen LogP contribution in [0.3, 0.4) is 0 Å². The molecule has 0 amide bonds. The number of benzene rings is 2. The minimum atomic E-state index is 0.598. The average Bonchev–Trinajstić information content (AvgIpc) is 2.82. The highest BCUT2D eigenvalue weighted by Crippen LogP contribution is 2.25. The summed E-state index contributed by atoms with van der Waals surface area (Å²) in [7, 11) is 0. The third kappa shape index (κ3) is 2.32. The summed E-state index contributed by atoms with van der Waals surface area (Å²) in [4.78, 5) is 2.54. The molecule has 0 unspecified atom stereocenters. The van der Waals surface area contributed by atoms with Crippen LogP contribution in [0.4, 0.5) is 0 Å². The molecule has 0 spiro atoms. The van der Waals surface area contributed by atoms with Gasteiger partial charge in [0.25, 0.3) is 0 Å². The van der Waals surface area contributed by atoms with E-state index >= 15 is 0 Å². The Hall–Kier alpha value is -1.60. The first-order chi connectivity index (χ1) is 8.83. The topological polar surface area (TPSA) is 3.24 Å². The van der Waals surface area contributed by atoms with Crippen LogP contribution in [0.25, 0.3) is 0 Å². The Morgan fingerprint density at radius 2 is 1.44 bits per heavy atom. The fraction of sp³-hybridized carbons (Fsp3) is 0.294. The standard InChI is InChI=1S/C17H19N/c1-14(15-7-3-2-4-8-15)11-18-12-16-9-5-6-10-17(16)13-18/h2-10,14H,11-13H2,1H3/t14-/m0/s1. The monoisotopic (exact) mass is 237 g/mol. The second kappa shape index (κ2) is 4.95. The molecular formula is C17H19N. The van der Waals surface area contributed by atoms with Crippen LogP contribution in [-0.2, 0) is 13.1 Å². The van der Waals surface area contributed by atoms with E-state index in [4.69, 9.17) is 0 Å². The second-order valence-corrected chi connectivity index (χ2v) is 5.25. The number of nitrogens with zero attached hydrogens (tertiary/aromatic N) is 1. The third-order valence-electron chi connectivity index (χ3n) is 3.81. The minimum Gasteiger partial charge on any atom is -0.294 e. The predicted octanol–water partition coefficient (Wildman–Crippen LogP) is 3.81. The number of fused-ring (bicyclic) bond motifs is 1. The van der Waals surface area contributed by atoms with Gasteiger partial charge >= 0.3 is 0 Å². The minimum absolute atomic E-state index is 0.598. The van der Waals surface area contributed by atoms with Crippen molar-refractivity contribution in [1.29, 1.82) is 0 Å². The molecule has 0 radical (unpaired) electrons. The van der Waals surface area contributed by atoms with Gasteiger partial charge in [0, 0.05) is 19.6 Å². The van der Waals surface area contributed by atoms with E-state index in [9.17, 15) is 0 Å². The van der Waals surface area contributed by atoms with Crippen LogP contribution in [0.2, 0.25) is 0 Å².